The third-order valence-corrected chi connectivity index (χ3v) is 4.35. The van der Waals surface area contributed by atoms with E-state index in [0.29, 0.717) is 19.0 Å². The Kier molecular flexibility index (Phi) is 12.6. The lowest BCUT2D eigenvalue weighted by Crippen LogP contribution is -2.42. The Morgan fingerprint density at radius 1 is 1.13 bits per heavy atom. The number of nitrogens with one attached hydrogen (secondary N) is 2. The van der Waals surface area contributed by atoms with Gasteiger partial charge >= 0.3 is 0 Å². The van der Waals surface area contributed by atoms with Gasteiger partial charge in [0.25, 0.3) is 0 Å². The molecule has 0 aliphatic heterocycles. The van der Waals surface area contributed by atoms with Crippen LogP contribution in [0.3, 0.4) is 0 Å². The van der Waals surface area contributed by atoms with Gasteiger partial charge in [-0.25, -0.2) is 0 Å². The Morgan fingerprint density at radius 3 is 2.43 bits per heavy atom. The van der Waals surface area contributed by atoms with Crippen molar-refractivity contribution in [3.63, 3.8) is 0 Å². The van der Waals surface area contributed by atoms with E-state index in [-0.39, 0.29) is 5.60 Å². The zero-order chi connectivity index (χ0) is 22.4. The zero-order valence-corrected chi connectivity index (χ0v) is 19.7. The number of hydrogen-bond donors (Lipinski definition) is 3. The average molecular weight is 419 g/mol. The van der Waals surface area contributed by atoms with Gasteiger partial charge in [-0.1, -0.05) is 58.1 Å². The summed E-state index contributed by atoms with van der Waals surface area (Å²) < 4.78 is 11.6. The molecule has 0 aliphatic carbocycles. The summed E-state index contributed by atoms with van der Waals surface area (Å²) in [6, 6.07) is 7.94. The van der Waals surface area contributed by atoms with Gasteiger partial charge < -0.3 is 14.6 Å². The van der Waals surface area contributed by atoms with E-state index in [4.69, 9.17) is 9.47 Å². The van der Waals surface area contributed by atoms with E-state index in [1.54, 1.807) is 0 Å². The van der Waals surface area contributed by atoms with E-state index >= 15 is 0 Å². The summed E-state index contributed by atoms with van der Waals surface area (Å²) in [4.78, 5) is 0. The molecule has 1 rings (SSSR count). The lowest BCUT2D eigenvalue weighted by molar-refractivity contribution is 0.00420. The van der Waals surface area contributed by atoms with Crippen molar-refractivity contribution in [2.45, 2.75) is 72.9 Å². The van der Waals surface area contributed by atoms with Crippen molar-refractivity contribution in [2.24, 2.45) is 5.92 Å². The Hall–Kier alpha value is -1.66. The van der Waals surface area contributed by atoms with Crippen molar-refractivity contribution in [2.75, 3.05) is 19.8 Å². The molecule has 5 heteroatoms. The minimum atomic E-state index is -0.792. The van der Waals surface area contributed by atoms with Gasteiger partial charge in [0.2, 0.25) is 0 Å². The van der Waals surface area contributed by atoms with Crippen LogP contribution in [0.4, 0.5) is 0 Å². The average Bonchev–Trinajstić information content (AvgIpc) is 2.72. The summed E-state index contributed by atoms with van der Waals surface area (Å²) in [5.74, 6) is 1.38. The van der Waals surface area contributed by atoms with Gasteiger partial charge in [0.1, 0.15) is 5.75 Å². The molecule has 0 heterocycles. The monoisotopic (exact) mass is 418 g/mol. The van der Waals surface area contributed by atoms with Crippen LogP contribution in [-0.4, -0.2) is 36.8 Å². The topological polar surface area (TPSA) is 62.8 Å². The van der Waals surface area contributed by atoms with E-state index in [0.717, 1.165) is 42.9 Å². The predicted molar refractivity (Wildman–Crippen MR) is 125 cm³/mol. The molecule has 5 nitrogen and oxygen atoms in total. The lowest BCUT2D eigenvalue weighted by atomic mass is 10.1. The quantitative estimate of drug-likeness (QED) is 0.283. The van der Waals surface area contributed by atoms with Gasteiger partial charge in [-0.05, 0) is 55.9 Å². The molecule has 0 fully saturated rings. The molecule has 1 aromatic rings. The van der Waals surface area contributed by atoms with Crippen LogP contribution < -0.4 is 15.4 Å². The summed E-state index contributed by atoms with van der Waals surface area (Å²) in [7, 11) is 0. The minimum Gasteiger partial charge on any atom is -0.494 e. The fraction of sp³-hybridized carbons (Fsp3) is 0.600. The van der Waals surface area contributed by atoms with Crippen LogP contribution in [0.2, 0.25) is 0 Å². The Labute approximate surface area is 183 Å². The van der Waals surface area contributed by atoms with Crippen LogP contribution >= 0.6 is 0 Å². The van der Waals surface area contributed by atoms with E-state index in [2.05, 4.69) is 70.4 Å². The molecule has 1 atom stereocenters. The van der Waals surface area contributed by atoms with Crippen LogP contribution in [0.1, 0.15) is 59.9 Å². The maximum atomic E-state index is 10.2. The smallest absolute Gasteiger partial charge is 0.161 e. The standard InChI is InChI=1S/C25H42N2O3/c1-7-9-21(14-15-25(5,6)30-19-20(3)4)17-26-24(28)27-18-22-10-12-23(13-11-22)29-16-8-2/h9-15,20,24,26-28H,7-8,16-19H2,1-6H3/b15-14-,21-9+. The van der Waals surface area contributed by atoms with Gasteiger partial charge in [0.15, 0.2) is 6.35 Å². The summed E-state index contributed by atoms with van der Waals surface area (Å²) in [6.07, 6.45) is 7.46. The first-order valence-electron chi connectivity index (χ1n) is 11.1. The van der Waals surface area contributed by atoms with E-state index < -0.39 is 6.35 Å². The Morgan fingerprint density at radius 2 is 1.83 bits per heavy atom. The fourth-order valence-corrected chi connectivity index (χ4v) is 2.62. The highest BCUT2D eigenvalue weighted by Gasteiger charge is 2.15. The third-order valence-electron chi connectivity index (χ3n) is 4.35. The molecule has 1 aromatic carbocycles. The molecule has 0 spiro atoms. The van der Waals surface area contributed by atoms with Gasteiger partial charge in [-0.15, -0.1) is 0 Å². The van der Waals surface area contributed by atoms with Gasteiger partial charge in [-0.2, -0.15) is 0 Å². The summed E-state index contributed by atoms with van der Waals surface area (Å²) in [6.45, 7) is 15.2. The molecular weight excluding hydrogens is 376 g/mol. The highest BCUT2D eigenvalue weighted by Crippen LogP contribution is 2.15. The first-order valence-corrected chi connectivity index (χ1v) is 11.1. The second kappa shape index (κ2) is 14.4. The fourth-order valence-electron chi connectivity index (χ4n) is 2.62. The van der Waals surface area contributed by atoms with Gasteiger partial charge in [-0.3, -0.25) is 10.6 Å². The number of rotatable bonds is 15. The molecule has 0 aromatic heterocycles. The SMILES string of the molecule is CC/C=C(\C=C/C(C)(C)OCC(C)C)CNC(O)NCc1ccc(OCCC)cc1. The van der Waals surface area contributed by atoms with Crippen molar-refractivity contribution in [3.8, 4) is 5.75 Å². The number of ether oxygens (including phenoxy) is 2. The van der Waals surface area contributed by atoms with Crippen molar-refractivity contribution < 1.29 is 14.6 Å². The van der Waals surface area contributed by atoms with E-state index in [1.807, 2.05) is 24.3 Å². The summed E-state index contributed by atoms with van der Waals surface area (Å²) in [5, 5.41) is 16.5. The van der Waals surface area contributed by atoms with Crippen molar-refractivity contribution >= 4 is 0 Å². The Balaban J connectivity index is 2.46. The molecule has 170 valence electrons. The predicted octanol–water partition coefficient (Wildman–Crippen LogP) is 4.77. The zero-order valence-electron chi connectivity index (χ0n) is 19.7. The van der Waals surface area contributed by atoms with Crippen LogP contribution in [0.25, 0.3) is 0 Å². The summed E-state index contributed by atoms with van der Waals surface area (Å²) in [5.41, 5.74) is 1.89. The number of benzene rings is 1. The molecule has 3 N–H and O–H groups in total. The van der Waals surface area contributed by atoms with Crippen LogP contribution in [0.15, 0.2) is 48.1 Å². The van der Waals surface area contributed by atoms with Gasteiger partial charge in [0, 0.05) is 13.1 Å². The lowest BCUT2D eigenvalue weighted by Gasteiger charge is -2.23. The first-order chi connectivity index (χ1) is 14.3. The maximum absolute atomic E-state index is 10.2. The molecule has 0 saturated carbocycles. The van der Waals surface area contributed by atoms with E-state index in [1.165, 1.54) is 0 Å². The highest BCUT2D eigenvalue weighted by molar-refractivity contribution is 5.27. The van der Waals surface area contributed by atoms with Crippen molar-refractivity contribution in [1.82, 2.24) is 10.6 Å². The number of hydrogen-bond acceptors (Lipinski definition) is 5. The molecular formula is C25H42N2O3. The summed E-state index contributed by atoms with van der Waals surface area (Å²) >= 11 is 0. The third kappa shape index (κ3) is 12.1. The second-order valence-electron chi connectivity index (χ2n) is 8.49. The second-order valence-corrected chi connectivity index (χ2v) is 8.49. The molecule has 0 saturated heterocycles. The molecule has 30 heavy (non-hydrogen) atoms. The van der Waals surface area contributed by atoms with Gasteiger partial charge in [0.05, 0.1) is 18.8 Å². The molecule has 0 aliphatic rings. The number of aliphatic hydroxyl groups excluding tert-OH is 1. The Bertz CT molecular complexity index is 636. The van der Waals surface area contributed by atoms with Crippen molar-refractivity contribution in [1.29, 1.82) is 0 Å². The molecule has 1 unspecified atom stereocenters. The normalized spacial score (nSPS) is 13.9. The van der Waals surface area contributed by atoms with Crippen LogP contribution in [0.5, 0.6) is 5.75 Å². The first kappa shape index (κ1) is 26.4. The van der Waals surface area contributed by atoms with E-state index in [9.17, 15) is 5.11 Å². The number of allylic oxidation sites excluding steroid dienone is 1. The van der Waals surface area contributed by atoms with Crippen molar-refractivity contribution in [3.05, 3.63) is 53.6 Å². The van der Waals surface area contributed by atoms with Crippen LogP contribution in [0, 0.1) is 5.92 Å². The minimum absolute atomic E-state index is 0.318. The highest BCUT2D eigenvalue weighted by atomic mass is 16.5. The largest absolute Gasteiger partial charge is 0.494 e. The molecule has 0 radical (unpaired) electrons. The maximum Gasteiger partial charge on any atom is 0.161 e. The molecule has 0 bridgehead atoms. The van der Waals surface area contributed by atoms with Crippen LogP contribution in [-0.2, 0) is 11.3 Å². The number of aliphatic hydroxyl groups is 1. The molecule has 0 amide bonds.